The number of carbonyl (C=O) groups is 1. The lowest BCUT2D eigenvalue weighted by atomic mass is 9.93. The lowest BCUT2D eigenvalue weighted by Gasteiger charge is -2.34. The molecule has 0 saturated heterocycles. The van der Waals surface area contributed by atoms with Crippen molar-refractivity contribution in [2.45, 2.75) is 70.8 Å². The summed E-state index contributed by atoms with van der Waals surface area (Å²) in [5.41, 5.74) is 2.28. The van der Waals surface area contributed by atoms with Gasteiger partial charge >= 0.3 is 0 Å². The molecule has 0 atom stereocenters. The first-order chi connectivity index (χ1) is 10.7. The molecule has 1 aliphatic rings. The van der Waals surface area contributed by atoms with Gasteiger partial charge in [0.15, 0.2) is 0 Å². The first kappa shape index (κ1) is 16.8. The molecule has 2 nitrogen and oxygen atoms in total. The standard InChI is InChI=1S/C20H29NO/c1-17(2)11-9-10-16-20(22)21(18-12-5-3-6-13-18)19-14-7-4-8-15-19/h3,5-6,12-13,19H,1,4,7-11,14-16H2,2H3. The predicted molar refractivity (Wildman–Crippen MR) is 94.1 cm³/mol. The number of anilines is 1. The van der Waals surface area contributed by atoms with E-state index in [2.05, 4.69) is 30.5 Å². The Morgan fingerprint density at radius 1 is 1.09 bits per heavy atom. The van der Waals surface area contributed by atoms with Crippen molar-refractivity contribution >= 4 is 11.6 Å². The zero-order valence-electron chi connectivity index (χ0n) is 13.9. The van der Waals surface area contributed by atoms with E-state index in [4.69, 9.17) is 0 Å². The molecule has 0 heterocycles. The summed E-state index contributed by atoms with van der Waals surface area (Å²) >= 11 is 0. The van der Waals surface area contributed by atoms with Crippen molar-refractivity contribution in [3.05, 3.63) is 42.5 Å². The Labute approximate surface area is 135 Å². The van der Waals surface area contributed by atoms with Gasteiger partial charge in [0, 0.05) is 18.2 Å². The second-order valence-corrected chi connectivity index (χ2v) is 6.56. The normalized spacial score (nSPS) is 15.5. The van der Waals surface area contributed by atoms with E-state index in [0.29, 0.717) is 18.4 Å². The van der Waals surface area contributed by atoms with Gasteiger partial charge in [0.1, 0.15) is 0 Å². The highest BCUT2D eigenvalue weighted by molar-refractivity contribution is 5.93. The molecule has 0 aliphatic heterocycles. The molecule has 0 aromatic heterocycles. The molecule has 1 aromatic rings. The summed E-state index contributed by atoms with van der Waals surface area (Å²) in [7, 11) is 0. The highest BCUT2D eigenvalue weighted by Crippen LogP contribution is 2.28. The van der Waals surface area contributed by atoms with Gasteiger partial charge in [-0.2, -0.15) is 0 Å². The van der Waals surface area contributed by atoms with Crippen LogP contribution in [0.4, 0.5) is 5.69 Å². The fourth-order valence-corrected chi connectivity index (χ4v) is 3.31. The van der Waals surface area contributed by atoms with Gasteiger partial charge in [0.2, 0.25) is 5.91 Å². The van der Waals surface area contributed by atoms with E-state index in [-0.39, 0.29) is 0 Å². The highest BCUT2D eigenvalue weighted by atomic mass is 16.2. The monoisotopic (exact) mass is 299 g/mol. The number of rotatable bonds is 7. The number of allylic oxidation sites excluding steroid dienone is 1. The molecule has 0 bridgehead atoms. The maximum atomic E-state index is 12.8. The third kappa shape index (κ3) is 5.01. The highest BCUT2D eigenvalue weighted by Gasteiger charge is 2.26. The average molecular weight is 299 g/mol. The molecule has 1 aliphatic carbocycles. The van der Waals surface area contributed by atoms with Crippen molar-refractivity contribution in [2.24, 2.45) is 0 Å². The van der Waals surface area contributed by atoms with Gasteiger partial charge in [-0.1, -0.05) is 43.0 Å². The van der Waals surface area contributed by atoms with Crippen molar-refractivity contribution in [1.29, 1.82) is 0 Å². The van der Waals surface area contributed by atoms with E-state index >= 15 is 0 Å². The van der Waals surface area contributed by atoms with E-state index in [0.717, 1.165) is 37.8 Å². The van der Waals surface area contributed by atoms with Crippen molar-refractivity contribution in [1.82, 2.24) is 0 Å². The summed E-state index contributed by atoms with van der Waals surface area (Å²) in [5.74, 6) is 0.291. The van der Waals surface area contributed by atoms with Gasteiger partial charge in [-0.15, -0.1) is 6.58 Å². The number of carbonyl (C=O) groups excluding carboxylic acids is 1. The number of unbranched alkanes of at least 4 members (excludes halogenated alkanes) is 1. The van der Waals surface area contributed by atoms with Crippen LogP contribution in [0.5, 0.6) is 0 Å². The predicted octanol–water partition coefficient (Wildman–Crippen LogP) is 5.49. The van der Waals surface area contributed by atoms with Gasteiger partial charge in [0.25, 0.3) is 0 Å². The number of nitrogens with zero attached hydrogens (tertiary/aromatic N) is 1. The second-order valence-electron chi connectivity index (χ2n) is 6.56. The number of hydrogen-bond acceptors (Lipinski definition) is 1. The number of benzene rings is 1. The Kier molecular flexibility index (Phi) is 6.70. The second kappa shape index (κ2) is 8.77. The van der Waals surface area contributed by atoms with Crippen LogP contribution in [0, 0.1) is 0 Å². The van der Waals surface area contributed by atoms with Gasteiger partial charge in [-0.05, 0) is 51.2 Å². The van der Waals surface area contributed by atoms with Crippen molar-refractivity contribution in [2.75, 3.05) is 4.90 Å². The molecule has 0 radical (unpaired) electrons. The van der Waals surface area contributed by atoms with Gasteiger partial charge in [0.05, 0.1) is 0 Å². The Morgan fingerprint density at radius 2 is 1.73 bits per heavy atom. The fourth-order valence-electron chi connectivity index (χ4n) is 3.31. The molecule has 0 N–H and O–H groups in total. The van der Waals surface area contributed by atoms with E-state index in [9.17, 15) is 4.79 Å². The molecule has 0 spiro atoms. The summed E-state index contributed by atoms with van der Waals surface area (Å²) in [6.07, 6.45) is 9.80. The van der Waals surface area contributed by atoms with E-state index < -0.39 is 0 Å². The van der Waals surface area contributed by atoms with Crippen LogP contribution in [0.3, 0.4) is 0 Å². The quantitative estimate of drug-likeness (QED) is 0.481. The first-order valence-corrected chi connectivity index (χ1v) is 8.70. The number of para-hydroxylation sites is 1. The Bertz CT molecular complexity index is 474. The van der Waals surface area contributed by atoms with E-state index in [1.54, 1.807) is 0 Å². The molecular weight excluding hydrogens is 270 g/mol. The minimum atomic E-state index is 0.291. The summed E-state index contributed by atoms with van der Waals surface area (Å²) in [6, 6.07) is 10.6. The first-order valence-electron chi connectivity index (χ1n) is 8.70. The third-order valence-corrected chi connectivity index (χ3v) is 4.49. The average Bonchev–Trinajstić information content (AvgIpc) is 2.54. The van der Waals surface area contributed by atoms with Crippen LogP contribution in [0.1, 0.15) is 64.7 Å². The number of amides is 1. The topological polar surface area (TPSA) is 20.3 Å². The van der Waals surface area contributed by atoms with Crippen molar-refractivity contribution in [3.63, 3.8) is 0 Å². The fraction of sp³-hybridized carbons (Fsp3) is 0.550. The van der Waals surface area contributed by atoms with Crippen LogP contribution in [0.15, 0.2) is 42.5 Å². The Morgan fingerprint density at radius 3 is 2.36 bits per heavy atom. The third-order valence-electron chi connectivity index (χ3n) is 4.49. The maximum absolute atomic E-state index is 12.8. The number of hydrogen-bond donors (Lipinski definition) is 0. The molecule has 22 heavy (non-hydrogen) atoms. The zero-order valence-corrected chi connectivity index (χ0v) is 13.9. The summed E-state index contributed by atoms with van der Waals surface area (Å²) in [6.45, 7) is 5.99. The van der Waals surface area contributed by atoms with Crippen LogP contribution < -0.4 is 4.90 Å². The minimum Gasteiger partial charge on any atom is -0.309 e. The Hall–Kier alpha value is -1.57. The summed E-state index contributed by atoms with van der Waals surface area (Å²) in [4.78, 5) is 14.9. The smallest absolute Gasteiger partial charge is 0.227 e. The molecule has 2 rings (SSSR count). The van der Waals surface area contributed by atoms with E-state index in [1.165, 1.54) is 24.8 Å². The van der Waals surface area contributed by atoms with E-state index in [1.807, 2.05) is 18.2 Å². The maximum Gasteiger partial charge on any atom is 0.227 e. The van der Waals surface area contributed by atoms with Crippen LogP contribution in [0.2, 0.25) is 0 Å². The van der Waals surface area contributed by atoms with Crippen LogP contribution in [-0.4, -0.2) is 11.9 Å². The molecule has 1 fully saturated rings. The largest absolute Gasteiger partial charge is 0.309 e. The zero-order chi connectivity index (χ0) is 15.8. The Balaban J connectivity index is 2.00. The molecular formula is C20H29NO. The van der Waals surface area contributed by atoms with Crippen LogP contribution >= 0.6 is 0 Å². The molecule has 0 unspecified atom stereocenters. The molecule has 1 amide bonds. The van der Waals surface area contributed by atoms with Crippen molar-refractivity contribution < 1.29 is 4.79 Å². The minimum absolute atomic E-state index is 0.291. The summed E-state index contributed by atoms with van der Waals surface area (Å²) in [5, 5.41) is 0. The lowest BCUT2D eigenvalue weighted by Crippen LogP contribution is -2.41. The summed E-state index contributed by atoms with van der Waals surface area (Å²) < 4.78 is 0. The van der Waals surface area contributed by atoms with Gasteiger partial charge in [-0.3, -0.25) is 4.79 Å². The van der Waals surface area contributed by atoms with Gasteiger partial charge < -0.3 is 4.90 Å². The molecule has 120 valence electrons. The van der Waals surface area contributed by atoms with Crippen molar-refractivity contribution in [3.8, 4) is 0 Å². The van der Waals surface area contributed by atoms with Crippen LogP contribution in [-0.2, 0) is 4.79 Å². The molecule has 1 aromatic carbocycles. The van der Waals surface area contributed by atoms with Crippen LogP contribution in [0.25, 0.3) is 0 Å². The SMILES string of the molecule is C=C(C)CCCCC(=O)N(c1ccccc1)C1CCCCC1. The molecule has 2 heteroatoms. The molecule has 1 saturated carbocycles. The van der Waals surface area contributed by atoms with Gasteiger partial charge in [-0.25, -0.2) is 0 Å². The lowest BCUT2D eigenvalue weighted by molar-refractivity contribution is -0.119.